The van der Waals surface area contributed by atoms with Crippen LogP contribution in [0.3, 0.4) is 0 Å². The molecule has 0 spiro atoms. The van der Waals surface area contributed by atoms with E-state index in [0.29, 0.717) is 5.03 Å². The molecule has 82 valence electrons. The van der Waals surface area contributed by atoms with Crippen LogP contribution in [0.25, 0.3) is 0 Å². The van der Waals surface area contributed by atoms with Crippen LogP contribution in [-0.4, -0.2) is 22.9 Å². The first kappa shape index (κ1) is 12.2. The van der Waals surface area contributed by atoms with Crippen molar-refractivity contribution in [2.45, 2.75) is 11.1 Å². The summed E-state index contributed by atoms with van der Waals surface area (Å²) in [6, 6.07) is 4.14. The fourth-order valence-electron chi connectivity index (χ4n) is 0.716. The van der Waals surface area contributed by atoms with Gasteiger partial charge in [-0.1, -0.05) is 10.8 Å². The number of carboxylic acid groups (broad SMARTS) is 1. The Bertz CT molecular complexity index is 348. The maximum atomic E-state index is 11.2. The third kappa shape index (κ3) is 3.98. The number of carbonyl (C=O) groups is 1. The van der Waals surface area contributed by atoms with Gasteiger partial charge in [0.15, 0.2) is 6.20 Å². The number of pyridine rings is 1. The SMILES string of the molecule is N[C@@H](CSSc1cccc[n+]1[O-])C(=O)O. The lowest BCUT2D eigenvalue weighted by Crippen LogP contribution is -2.32. The highest BCUT2D eigenvalue weighted by molar-refractivity contribution is 8.76. The number of carboxylic acids is 1. The van der Waals surface area contributed by atoms with Crippen LogP contribution in [0.1, 0.15) is 0 Å². The molecule has 0 fully saturated rings. The molecule has 0 bridgehead atoms. The standard InChI is InChI=1S/C8H10N2O3S2/c9-6(8(11)12)5-14-15-7-3-1-2-4-10(7)13/h1-4,6H,5,9H2,(H,11,12)/t6-/m0/s1. The van der Waals surface area contributed by atoms with Gasteiger partial charge in [-0.15, -0.1) is 0 Å². The minimum absolute atomic E-state index is 0.259. The second-order valence-electron chi connectivity index (χ2n) is 2.68. The van der Waals surface area contributed by atoms with Gasteiger partial charge in [-0.05, 0) is 6.07 Å². The molecule has 3 N–H and O–H groups in total. The molecule has 1 aromatic heterocycles. The zero-order valence-electron chi connectivity index (χ0n) is 7.70. The van der Waals surface area contributed by atoms with Crippen molar-refractivity contribution in [1.29, 1.82) is 0 Å². The van der Waals surface area contributed by atoms with Gasteiger partial charge in [0.25, 0.3) is 5.03 Å². The number of aliphatic carboxylic acids is 1. The summed E-state index contributed by atoms with van der Waals surface area (Å²) >= 11 is 0. The summed E-state index contributed by atoms with van der Waals surface area (Å²) in [6.07, 6.45) is 1.39. The summed E-state index contributed by atoms with van der Waals surface area (Å²) < 4.78 is 0.726. The normalized spacial score (nSPS) is 12.3. The van der Waals surface area contributed by atoms with E-state index in [4.69, 9.17) is 10.8 Å². The molecule has 0 aromatic carbocycles. The van der Waals surface area contributed by atoms with Crippen molar-refractivity contribution in [3.05, 3.63) is 29.6 Å². The maximum Gasteiger partial charge on any atom is 0.321 e. The first-order valence-corrected chi connectivity index (χ1v) is 6.39. The average molecular weight is 246 g/mol. The molecule has 1 aromatic rings. The number of nitrogens with two attached hydrogens (primary N) is 1. The zero-order chi connectivity index (χ0) is 11.3. The molecule has 0 unspecified atom stereocenters. The van der Waals surface area contributed by atoms with Crippen LogP contribution in [0.15, 0.2) is 29.4 Å². The minimum Gasteiger partial charge on any atom is -0.618 e. The predicted molar refractivity (Wildman–Crippen MR) is 59.3 cm³/mol. The number of aromatic nitrogens is 1. The molecule has 1 heterocycles. The second-order valence-corrected chi connectivity index (χ2v) is 5.04. The van der Waals surface area contributed by atoms with E-state index in [1.807, 2.05) is 0 Å². The molecule has 0 saturated heterocycles. The van der Waals surface area contributed by atoms with Crippen molar-refractivity contribution < 1.29 is 14.6 Å². The number of nitrogens with zero attached hydrogens (tertiary/aromatic N) is 1. The summed E-state index contributed by atoms with van der Waals surface area (Å²) in [5, 5.41) is 20.2. The van der Waals surface area contributed by atoms with Crippen molar-refractivity contribution >= 4 is 27.6 Å². The van der Waals surface area contributed by atoms with E-state index < -0.39 is 12.0 Å². The van der Waals surface area contributed by atoms with Crippen LogP contribution >= 0.6 is 21.6 Å². The summed E-state index contributed by atoms with van der Waals surface area (Å²) in [5.41, 5.74) is 5.30. The molecule has 5 nitrogen and oxygen atoms in total. The van der Waals surface area contributed by atoms with Gasteiger partial charge < -0.3 is 16.0 Å². The Morgan fingerprint density at radius 3 is 3.00 bits per heavy atom. The maximum absolute atomic E-state index is 11.2. The molecule has 0 aliphatic rings. The van der Waals surface area contributed by atoms with Gasteiger partial charge in [-0.3, -0.25) is 4.79 Å². The van der Waals surface area contributed by atoms with Crippen molar-refractivity contribution in [3.63, 3.8) is 0 Å². The van der Waals surface area contributed by atoms with Crippen molar-refractivity contribution in [1.82, 2.24) is 0 Å². The Morgan fingerprint density at radius 2 is 2.40 bits per heavy atom. The molecule has 0 aliphatic heterocycles. The van der Waals surface area contributed by atoms with Gasteiger partial charge in [0.1, 0.15) is 6.04 Å². The molecule has 1 atom stereocenters. The van der Waals surface area contributed by atoms with Gasteiger partial charge in [0.2, 0.25) is 0 Å². The molecule has 0 radical (unpaired) electrons. The van der Waals surface area contributed by atoms with Crippen LogP contribution in [0, 0.1) is 5.21 Å². The summed E-state index contributed by atoms with van der Waals surface area (Å²) in [7, 11) is 2.46. The van der Waals surface area contributed by atoms with Gasteiger partial charge >= 0.3 is 5.97 Å². The molecule has 1 rings (SSSR count). The van der Waals surface area contributed by atoms with Crippen LogP contribution in [0.5, 0.6) is 0 Å². The number of hydrogen-bond acceptors (Lipinski definition) is 5. The molecule has 7 heteroatoms. The Balaban J connectivity index is 2.38. The summed E-state index contributed by atoms with van der Waals surface area (Å²) in [6.45, 7) is 0. The lowest BCUT2D eigenvalue weighted by molar-refractivity contribution is -0.645. The van der Waals surface area contributed by atoms with Gasteiger partial charge in [-0.25, -0.2) is 0 Å². The summed E-state index contributed by atoms with van der Waals surface area (Å²) in [4.78, 5) is 10.4. The third-order valence-electron chi connectivity index (χ3n) is 1.50. The number of hydrogen-bond donors (Lipinski definition) is 2. The van der Waals surface area contributed by atoms with Crippen LogP contribution < -0.4 is 10.5 Å². The highest BCUT2D eigenvalue weighted by atomic mass is 33.1. The second kappa shape index (κ2) is 5.84. The molecule has 0 aliphatic carbocycles. The van der Waals surface area contributed by atoms with E-state index in [-0.39, 0.29) is 5.75 Å². The Kier molecular flexibility index (Phi) is 4.73. The quantitative estimate of drug-likeness (QED) is 0.446. The van der Waals surface area contributed by atoms with Crippen molar-refractivity contribution in [2.75, 3.05) is 5.75 Å². The molecule has 0 saturated carbocycles. The predicted octanol–water partition coefficient (Wildman–Crippen LogP) is 0.472. The van der Waals surface area contributed by atoms with Crippen LogP contribution in [0.4, 0.5) is 0 Å². The minimum atomic E-state index is -1.04. The van der Waals surface area contributed by atoms with Crippen LogP contribution in [0.2, 0.25) is 0 Å². The topological polar surface area (TPSA) is 90.3 Å². The fourth-order valence-corrected chi connectivity index (χ4v) is 2.86. The molecular formula is C8H10N2O3S2. The van der Waals surface area contributed by atoms with Gasteiger partial charge in [0.05, 0.1) is 0 Å². The van der Waals surface area contributed by atoms with E-state index in [1.54, 1.807) is 18.2 Å². The smallest absolute Gasteiger partial charge is 0.321 e. The zero-order valence-corrected chi connectivity index (χ0v) is 9.33. The van der Waals surface area contributed by atoms with Crippen molar-refractivity contribution in [3.8, 4) is 0 Å². The molecule has 15 heavy (non-hydrogen) atoms. The first-order valence-electron chi connectivity index (χ1n) is 4.07. The van der Waals surface area contributed by atoms with E-state index in [0.717, 1.165) is 4.73 Å². The monoisotopic (exact) mass is 246 g/mol. The Labute approximate surface area is 94.6 Å². The van der Waals surface area contributed by atoms with E-state index in [9.17, 15) is 10.0 Å². The van der Waals surface area contributed by atoms with E-state index in [1.165, 1.54) is 27.8 Å². The molecule has 0 amide bonds. The number of rotatable bonds is 5. The van der Waals surface area contributed by atoms with Crippen LogP contribution in [-0.2, 0) is 4.79 Å². The highest BCUT2D eigenvalue weighted by Gasteiger charge is 2.13. The lowest BCUT2D eigenvalue weighted by atomic mass is 10.4. The summed E-state index contributed by atoms with van der Waals surface area (Å²) in [5.74, 6) is -0.777. The lowest BCUT2D eigenvalue weighted by Gasteiger charge is -2.05. The average Bonchev–Trinajstić information content (AvgIpc) is 2.20. The first-order chi connectivity index (χ1) is 7.11. The van der Waals surface area contributed by atoms with Crippen molar-refractivity contribution in [2.24, 2.45) is 5.73 Å². The molecular weight excluding hydrogens is 236 g/mol. The van der Waals surface area contributed by atoms with Gasteiger partial charge in [-0.2, -0.15) is 4.73 Å². The Morgan fingerprint density at radius 1 is 1.67 bits per heavy atom. The van der Waals surface area contributed by atoms with E-state index in [2.05, 4.69) is 0 Å². The fraction of sp³-hybridized carbons (Fsp3) is 0.250. The third-order valence-corrected chi connectivity index (χ3v) is 3.87. The highest BCUT2D eigenvalue weighted by Crippen LogP contribution is 2.28. The van der Waals surface area contributed by atoms with Gasteiger partial charge in [0, 0.05) is 28.7 Å². The largest absolute Gasteiger partial charge is 0.618 e. The Hall–Kier alpha value is -0.920. The van der Waals surface area contributed by atoms with E-state index >= 15 is 0 Å².